The number of pyridine rings is 1. The average molecular weight is 345 g/mol. The van der Waals surface area contributed by atoms with Gasteiger partial charge in [0.05, 0.1) is 10.3 Å². The van der Waals surface area contributed by atoms with Crippen molar-refractivity contribution in [3.63, 3.8) is 0 Å². The maximum atomic E-state index is 11.1. The van der Waals surface area contributed by atoms with E-state index >= 15 is 0 Å². The van der Waals surface area contributed by atoms with Gasteiger partial charge in [0.25, 0.3) is 5.69 Å². The van der Waals surface area contributed by atoms with Gasteiger partial charge in [-0.3, -0.25) is 10.1 Å². The molecule has 0 spiro atoms. The minimum Gasteiger partial charge on any atom is -0.438 e. The third kappa shape index (κ3) is 2.71. The first-order valence-corrected chi connectivity index (χ1v) is 6.90. The highest BCUT2D eigenvalue weighted by atomic mass is 79.9. The number of nitro groups is 1. The minimum absolute atomic E-state index is 0.0571. The molecule has 0 N–H and O–H groups in total. The van der Waals surface area contributed by atoms with Gasteiger partial charge in [-0.05, 0) is 34.1 Å². The van der Waals surface area contributed by atoms with Gasteiger partial charge < -0.3 is 4.74 Å². The molecule has 0 saturated carbocycles. The van der Waals surface area contributed by atoms with Crippen molar-refractivity contribution in [2.75, 3.05) is 0 Å². The van der Waals surface area contributed by atoms with E-state index in [4.69, 9.17) is 4.74 Å². The summed E-state index contributed by atoms with van der Waals surface area (Å²) in [5.74, 6) is 0.961. The van der Waals surface area contributed by atoms with Crippen LogP contribution < -0.4 is 4.74 Å². The van der Waals surface area contributed by atoms with Crippen LogP contribution in [0.3, 0.4) is 0 Å². The molecule has 0 bridgehead atoms. The molecule has 0 unspecified atom stereocenters. The maximum absolute atomic E-state index is 11.1. The molecular weight excluding hydrogens is 336 g/mol. The van der Waals surface area contributed by atoms with Crippen LogP contribution in [0.4, 0.5) is 5.69 Å². The molecule has 0 fully saturated rings. The zero-order valence-corrected chi connectivity index (χ0v) is 12.3. The molecule has 0 radical (unpaired) electrons. The molecule has 104 valence electrons. The Morgan fingerprint density at radius 1 is 1.05 bits per heavy atom. The van der Waals surface area contributed by atoms with Crippen molar-refractivity contribution >= 4 is 32.4 Å². The molecule has 21 heavy (non-hydrogen) atoms. The van der Waals surface area contributed by atoms with Gasteiger partial charge >= 0.3 is 0 Å². The number of hydrogen-bond acceptors (Lipinski definition) is 4. The number of ether oxygens (including phenoxy) is 1. The van der Waals surface area contributed by atoms with E-state index in [-0.39, 0.29) is 5.69 Å². The average Bonchev–Trinajstić information content (AvgIpc) is 2.49. The predicted molar refractivity (Wildman–Crippen MR) is 82.6 cm³/mol. The summed E-state index contributed by atoms with van der Waals surface area (Å²) in [5, 5.41) is 12.3. The fourth-order valence-corrected chi connectivity index (χ4v) is 2.27. The van der Waals surface area contributed by atoms with Gasteiger partial charge in [0.15, 0.2) is 0 Å². The summed E-state index contributed by atoms with van der Waals surface area (Å²) < 4.78 is 6.58. The molecule has 6 heteroatoms. The second-order valence-electron chi connectivity index (χ2n) is 4.30. The van der Waals surface area contributed by atoms with Crippen molar-refractivity contribution < 1.29 is 9.66 Å². The van der Waals surface area contributed by atoms with Gasteiger partial charge in [-0.15, -0.1) is 0 Å². The van der Waals surface area contributed by atoms with Gasteiger partial charge in [-0.25, -0.2) is 4.98 Å². The molecule has 1 heterocycles. The zero-order valence-electron chi connectivity index (χ0n) is 10.7. The van der Waals surface area contributed by atoms with E-state index in [1.54, 1.807) is 36.5 Å². The fourth-order valence-electron chi connectivity index (χ4n) is 2.04. The van der Waals surface area contributed by atoms with E-state index in [9.17, 15) is 10.1 Å². The van der Waals surface area contributed by atoms with E-state index < -0.39 is 4.92 Å². The highest BCUT2D eigenvalue weighted by Crippen LogP contribution is 2.34. The first-order valence-electron chi connectivity index (χ1n) is 6.11. The lowest BCUT2D eigenvalue weighted by atomic mass is 10.1. The summed E-state index contributed by atoms with van der Waals surface area (Å²) >= 11 is 3.30. The van der Waals surface area contributed by atoms with E-state index in [2.05, 4.69) is 20.9 Å². The molecule has 3 rings (SSSR count). The second kappa shape index (κ2) is 5.49. The molecule has 1 aromatic heterocycles. The zero-order chi connectivity index (χ0) is 14.8. The molecule has 0 saturated heterocycles. The molecule has 3 aromatic rings. The van der Waals surface area contributed by atoms with Crippen LogP contribution >= 0.6 is 15.9 Å². The summed E-state index contributed by atoms with van der Waals surface area (Å²) in [7, 11) is 0. The molecule has 2 aromatic carbocycles. The molecular formula is C15H9BrN2O3. The van der Waals surface area contributed by atoms with Crippen LogP contribution in [0, 0.1) is 10.1 Å². The van der Waals surface area contributed by atoms with Crippen molar-refractivity contribution in [1.29, 1.82) is 0 Å². The Balaban J connectivity index is 2.09. The van der Waals surface area contributed by atoms with Gasteiger partial charge in [-0.1, -0.05) is 18.2 Å². The number of halogens is 1. The lowest BCUT2D eigenvalue weighted by molar-refractivity contribution is -0.383. The monoisotopic (exact) mass is 344 g/mol. The largest absolute Gasteiger partial charge is 0.438 e. The Bertz CT molecular complexity index is 819. The van der Waals surface area contributed by atoms with E-state index in [0.717, 1.165) is 4.47 Å². The molecule has 0 atom stereocenters. The normalized spacial score (nSPS) is 10.5. The Kier molecular flexibility index (Phi) is 3.53. The number of fused-ring (bicyclic) bond motifs is 1. The van der Waals surface area contributed by atoms with Crippen molar-refractivity contribution in [2.24, 2.45) is 0 Å². The quantitative estimate of drug-likeness (QED) is 0.510. The van der Waals surface area contributed by atoms with Gasteiger partial charge in [0.1, 0.15) is 5.75 Å². The number of benzene rings is 2. The van der Waals surface area contributed by atoms with Gasteiger partial charge in [0.2, 0.25) is 5.88 Å². The lowest BCUT2D eigenvalue weighted by Crippen LogP contribution is -1.93. The fraction of sp³-hybridized carbons (Fsp3) is 0. The molecule has 0 aliphatic carbocycles. The van der Waals surface area contributed by atoms with E-state index in [1.165, 1.54) is 6.07 Å². The van der Waals surface area contributed by atoms with Crippen LogP contribution in [0.2, 0.25) is 0 Å². The van der Waals surface area contributed by atoms with Crippen molar-refractivity contribution in [3.05, 3.63) is 69.3 Å². The second-order valence-corrected chi connectivity index (χ2v) is 5.22. The number of nitro benzene ring substituents is 1. The SMILES string of the molecule is O=[N+]([O-])c1ccc(Oc2ccc(Br)cn2)c2ccccc12. The molecule has 0 aliphatic heterocycles. The Morgan fingerprint density at radius 2 is 1.81 bits per heavy atom. The van der Waals surface area contributed by atoms with Crippen LogP contribution in [0.1, 0.15) is 0 Å². The third-order valence-corrected chi connectivity index (χ3v) is 3.44. The molecule has 0 aliphatic rings. The number of nitrogens with zero attached hydrogens (tertiary/aromatic N) is 2. The highest BCUT2D eigenvalue weighted by Gasteiger charge is 2.15. The van der Waals surface area contributed by atoms with Crippen LogP contribution in [-0.4, -0.2) is 9.91 Å². The van der Waals surface area contributed by atoms with Crippen LogP contribution in [0.5, 0.6) is 11.6 Å². The first kappa shape index (κ1) is 13.5. The number of hydrogen-bond donors (Lipinski definition) is 0. The summed E-state index contributed by atoms with van der Waals surface area (Å²) in [6, 6.07) is 13.6. The summed E-state index contributed by atoms with van der Waals surface area (Å²) in [4.78, 5) is 14.8. The van der Waals surface area contributed by atoms with Crippen LogP contribution in [-0.2, 0) is 0 Å². The number of non-ortho nitro benzene ring substituents is 1. The maximum Gasteiger partial charge on any atom is 0.277 e. The van der Waals surface area contributed by atoms with Crippen LogP contribution in [0.25, 0.3) is 10.8 Å². The third-order valence-electron chi connectivity index (χ3n) is 2.97. The predicted octanol–water partition coefficient (Wildman–Crippen LogP) is 4.70. The summed E-state index contributed by atoms with van der Waals surface area (Å²) in [6.07, 6.45) is 1.63. The Hall–Kier alpha value is -2.47. The Labute approximate surface area is 128 Å². The van der Waals surface area contributed by atoms with Crippen molar-refractivity contribution in [1.82, 2.24) is 4.98 Å². The van der Waals surface area contributed by atoms with Crippen LogP contribution in [0.15, 0.2) is 59.2 Å². The first-order chi connectivity index (χ1) is 10.1. The van der Waals surface area contributed by atoms with Crippen molar-refractivity contribution in [3.8, 4) is 11.6 Å². The Morgan fingerprint density at radius 3 is 2.48 bits per heavy atom. The number of rotatable bonds is 3. The summed E-state index contributed by atoms with van der Waals surface area (Å²) in [6.45, 7) is 0. The van der Waals surface area contributed by atoms with E-state index in [0.29, 0.717) is 22.4 Å². The standard InChI is InChI=1S/C15H9BrN2O3/c16-10-5-8-15(17-9-10)21-14-7-6-13(18(19)20)11-3-1-2-4-12(11)14/h1-9H. The topological polar surface area (TPSA) is 65.3 Å². The smallest absolute Gasteiger partial charge is 0.277 e. The molecule has 5 nitrogen and oxygen atoms in total. The van der Waals surface area contributed by atoms with Gasteiger partial charge in [-0.2, -0.15) is 0 Å². The minimum atomic E-state index is -0.399. The molecule has 0 amide bonds. The lowest BCUT2D eigenvalue weighted by Gasteiger charge is -2.08. The van der Waals surface area contributed by atoms with Crippen molar-refractivity contribution in [2.45, 2.75) is 0 Å². The van der Waals surface area contributed by atoms with Gasteiger partial charge in [0, 0.05) is 28.2 Å². The highest BCUT2D eigenvalue weighted by molar-refractivity contribution is 9.10. The van der Waals surface area contributed by atoms with E-state index in [1.807, 2.05) is 12.1 Å². The summed E-state index contributed by atoms with van der Waals surface area (Å²) in [5.41, 5.74) is 0.0571. The number of aromatic nitrogens is 1.